The Bertz CT molecular complexity index is 619. The summed E-state index contributed by atoms with van der Waals surface area (Å²) in [6.45, 7) is 2.17. The van der Waals surface area contributed by atoms with Crippen LogP contribution < -0.4 is 10.0 Å². The zero-order valence-corrected chi connectivity index (χ0v) is 12.7. The Morgan fingerprint density at radius 2 is 2.00 bits per heavy atom. The van der Waals surface area contributed by atoms with E-state index in [1.165, 1.54) is 7.05 Å². The second-order valence-corrected chi connectivity index (χ2v) is 6.12. The number of hydrogen-bond donors (Lipinski definition) is 2. The molecule has 0 saturated heterocycles. The summed E-state index contributed by atoms with van der Waals surface area (Å²) in [6.07, 6.45) is 2.42. The van der Waals surface area contributed by atoms with Crippen LogP contribution in [0.1, 0.15) is 26.2 Å². The number of nitrogens with zero attached hydrogens (tertiary/aromatic N) is 1. The van der Waals surface area contributed by atoms with Crippen LogP contribution in [0.2, 0.25) is 0 Å². The van der Waals surface area contributed by atoms with Crippen molar-refractivity contribution < 1.29 is 17.7 Å². The molecule has 0 aliphatic rings. The highest BCUT2D eigenvalue weighted by molar-refractivity contribution is 7.89. The molecule has 1 aromatic rings. The highest BCUT2D eigenvalue weighted by Gasteiger charge is 2.26. The number of nitro groups is 1. The van der Waals surface area contributed by atoms with Gasteiger partial charge in [-0.1, -0.05) is 19.8 Å². The zero-order chi connectivity index (χ0) is 16.0. The molecule has 0 radical (unpaired) electrons. The van der Waals surface area contributed by atoms with Crippen molar-refractivity contribution in [2.45, 2.75) is 31.1 Å². The SMILES string of the molecule is CCCCCNS(=O)(=O)c1c(F)cc([N+](=O)[O-])cc1NC. The molecule has 9 heteroatoms. The van der Waals surface area contributed by atoms with Gasteiger partial charge in [0.2, 0.25) is 10.0 Å². The Labute approximate surface area is 122 Å². The second-order valence-electron chi connectivity index (χ2n) is 4.42. The maximum atomic E-state index is 14.0. The molecule has 0 saturated carbocycles. The van der Waals surface area contributed by atoms with Gasteiger partial charge in [-0.2, -0.15) is 0 Å². The highest BCUT2D eigenvalue weighted by atomic mass is 32.2. The summed E-state index contributed by atoms with van der Waals surface area (Å²) in [5.74, 6) is -1.16. The maximum absolute atomic E-state index is 14.0. The van der Waals surface area contributed by atoms with Gasteiger partial charge in [0.25, 0.3) is 5.69 Å². The lowest BCUT2D eigenvalue weighted by Crippen LogP contribution is -2.26. The smallest absolute Gasteiger partial charge is 0.274 e. The first-order valence-electron chi connectivity index (χ1n) is 6.48. The van der Waals surface area contributed by atoms with E-state index in [2.05, 4.69) is 10.0 Å². The van der Waals surface area contributed by atoms with Gasteiger partial charge in [-0.25, -0.2) is 17.5 Å². The fourth-order valence-corrected chi connectivity index (χ4v) is 3.12. The van der Waals surface area contributed by atoms with Crippen molar-refractivity contribution in [2.24, 2.45) is 0 Å². The van der Waals surface area contributed by atoms with Crippen molar-refractivity contribution in [3.63, 3.8) is 0 Å². The molecule has 7 nitrogen and oxygen atoms in total. The van der Waals surface area contributed by atoms with Gasteiger partial charge in [-0.3, -0.25) is 10.1 Å². The molecule has 0 aromatic heterocycles. The number of non-ortho nitro benzene ring substituents is 1. The maximum Gasteiger partial charge on any atom is 0.274 e. The first kappa shape index (κ1) is 17.3. The van der Waals surface area contributed by atoms with Crippen LogP contribution in [0, 0.1) is 15.9 Å². The van der Waals surface area contributed by atoms with Crippen LogP contribution in [0.4, 0.5) is 15.8 Å². The Kier molecular flexibility index (Phi) is 6.03. The molecule has 0 spiro atoms. The molecule has 0 fully saturated rings. The van der Waals surface area contributed by atoms with Crippen molar-refractivity contribution >= 4 is 21.4 Å². The van der Waals surface area contributed by atoms with Crippen LogP contribution in [0.25, 0.3) is 0 Å². The molecular weight excluding hydrogens is 301 g/mol. The number of benzene rings is 1. The molecule has 0 aliphatic carbocycles. The summed E-state index contributed by atoms with van der Waals surface area (Å²) in [5, 5.41) is 13.1. The van der Waals surface area contributed by atoms with Crippen molar-refractivity contribution in [3.8, 4) is 0 Å². The Balaban J connectivity index is 3.13. The van der Waals surface area contributed by atoms with Gasteiger partial charge in [0.15, 0.2) is 5.82 Å². The number of nitro benzene ring substituents is 1. The highest BCUT2D eigenvalue weighted by Crippen LogP contribution is 2.29. The normalized spacial score (nSPS) is 11.4. The van der Waals surface area contributed by atoms with E-state index in [-0.39, 0.29) is 12.2 Å². The van der Waals surface area contributed by atoms with Gasteiger partial charge in [-0.15, -0.1) is 0 Å². The molecule has 0 heterocycles. The average Bonchev–Trinajstić information content (AvgIpc) is 2.42. The van der Waals surface area contributed by atoms with E-state index in [4.69, 9.17) is 0 Å². The predicted octanol–water partition coefficient (Wildman–Crippen LogP) is 2.24. The quantitative estimate of drug-likeness (QED) is 0.435. The number of anilines is 1. The molecule has 1 aromatic carbocycles. The average molecular weight is 319 g/mol. The van der Waals surface area contributed by atoms with Gasteiger partial charge in [-0.05, 0) is 6.42 Å². The lowest BCUT2D eigenvalue weighted by molar-refractivity contribution is -0.385. The number of unbranched alkanes of at least 4 members (excludes halogenated alkanes) is 2. The van der Waals surface area contributed by atoms with E-state index in [0.29, 0.717) is 12.5 Å². The molecule has 0 bridgehead atoms. The van der Waals surface area contributed by atoms with Crippen LogP contribution >= 0.6 is 0 Å². The van der Waals surface area contributed by atoms with E-state index in [9.17, 15) is 22.9 Å². The van der Waals surface area contributed by atoms with E-state index < -0.39 is 31.3 Å². The third kappa shape index (κ3) is 4.36. The van der Waals surface area contributed by atoms with E-state index in [1.54, 1.807) is 0 Å². The fourth-order valence-electron chi connectivity index (χ4n) is 1.80. The summed E-state index contributed by atoms with van der Waals surface area (Å²) in [4.78, 5) is 9.28. The molecule has 0 atom stereocenters. The third-order valence-electron chi connectivity index (χ3n) is 2.85. The minimum absolute atomic E-state index is 0.148. The number of halogens is 1. The summed E-state index contributed by atoms with van der Waals surface area (Å²) in [6, 6.07) is 1.59. The van der Waals surface area contributed by atoms with Crippen LogP contribution in [-0.2, 0) is 10.0 Å². The van der Waals surface area contributed by atoms with E-state index in [0.717, 1.165) is 18.9 Å². The van der Waals surface area contributed by atoms with Crippen molar-refractivity contribution in [2.75, 3.05) is 18.9 Å². The lowest BCUT2D eigenvalue weighted by Gasteiger charge is -2.12. The standard InChI is InChI=1S/C12H18FN3O4S/c1-3-4-5-6-15-21(19,20)12-10(13)7-9(16(17)18)8-11(12)14-2/h7-8,14-15H,3-6H2,1-2H3. The number of rotatable bonds is 8. The fraction of sp³-hybridized carbons (Fsp3) is 0.500. The van der Waals surface area contributed by atoms with Gasteiger partial charge in [0, 0.05) is 19.7 Å². The number of nitrogens with one attached hydrogen (secondary N) is 2. The molecular formula is C12H18FN3O4S. The Morgan fingerprint density at radius 3 is 2.52 bits per heavy atom. The minimum Gasteiger partial charge on any atom is -0.387 e. The van der Waals surface area contributed by atoms with E-state index in [1.807, 2.05) is 6.92 Å². The van der Waals surface area contributed by atoms with Crippen molar-refractivity contribution in [1.82, 2.24) is 4.72 Å². The topological polar surface area (TPSA) is 101 Å². The Hall–Kier alpha value is -1.74. The monoisotopic (exact) mass is 319 g/mol. The predicted molar refractivity (Wildman–Crippen MR) is 77.3 cm³/mol. The first-order valence-corrected chi connectivity index (χ1v) is 7.97. The van der Waals surface area contributed by atoms with Gasteiger partial charge in [0.1, 0.15) is 4.90 Å². The minimum atomic E-state index is -4.07. The zero-order valence-electron chi connectivity index (χ0n) is 11.8. The van der Waals surface area contributed by atoms with Gasteiger partial charge in [0.05, 0.1) is 16.7 Å². The molecule has 0 unspecified atom stereocenters. The second kappa shape index (κ2) is 7.32. The van der Waals surface area contributed by atoms with Crippen LogP contribution in [0.5, 0.6) is 0 Å². The van der Waals surface area contributed by atoms with Gasteiger partial charge >= 0.3 is 0 Å². The molecule has 1 rings (SSSR count). The molecule has 2 N–H and O–H groups in total. The van der Waals surface area contributed by atoms with Crippen LogP contribution in [0.3, 0.4) is 0 Å². The lowest BCUT2D eigenvalue weighted by atomic mass is 10.2. The van der Waals surface area contributed by atoms with Crippen LogP contribution in [0.15, 0.2) is 17.0 Å². The first-order chi connectivity index (χ1) is 9.83. The molecule has 21 heavy (non-hydrogen) atoms. The molecule has 0 amide bonds. The Morgan fingerprint density at radius 1 is 1.33 bits per heavy atom. The number of hydrogen-bond acceptors (Lipinski definition) is 5. The van der Waals surface area contributed by atoms with Gasteiger partial charge < -0.3 is 5.32 Å². The van der Waals surface area contributed by atoms with E-state index >= 15 is 0 Å². The molecule has 118 valence electrons. The summed E-state index contributed by atoms with van der Waals surface area (Å²) in [5.41, 5.74) is -0.661. The summed E-state index contributed by atoms with van der Waals surface area (Å²) >= 11 is 0. The summed E-state index contributed by atoms with van der Waals surface area (Å²) in [7, 11) is -2.70. The third-order valence-corrected chi connectivity index (χ3v) is 4.39. The number of sulfonamides is 1. The largest absolute Gasteiger partial charge is 0.387 e. The molecule has 0 aliphatic heterocycles. The summed E-state index contributed by atoms with van der Waals surface area (Å²) < 4.78 is 40.5. The van der Waals surface area contributed by atoms with Crippen molar-refractivity contribution in [3.05, 3.63) is 28.1 Å². The van der Waals surface area contributed by atoms with Crippen molar-refractivity contribution in [1.29, 1.82) is 0 Å². The van der Waals surface area contributed by atoms with Crippen LogP contribution in [-0.4, -0.2) is 26.9 Å².